The molecular formula is C15H15ClN2O3. The van der Waals surface area contributed by atoms with Crippen LogP contribution >= 0.6 is 11.6 Å². The van der Waals surface area contributed by atoms with E-state index in [0.29, 0.717) is 16.5 Å². The average Bonchev–Trinajstić information content (AvgIpc) is 2.43. The average molecular weight is 307 g/mol. The van der Waals surface area contributed by atoms with Gasteiger partial charge in [0.25, 0.3) is 5.56 Å². The molecule has 6 heteroatoms. The summed E-state index contributed by atoms with van der Waals surface area (Å²) < 4.78 is 6.50. The summed E-state index contributed by atoms with van der Waals surface area (Å²) >= 11 is 5.90. The van der Waals surface area contributed by atoms with Crippen LogP contribution in [0.1, 0.15) is 5.56 Å². The van der Waals surface area contributed by atoms with E-state index in [9.17, 15) is 9.59 Å². The van der Waals surface area contributed by atoms with Gasteiger partial charge in [0.2, 0.25) is 5.91 Å². The van der Waals surface area contributed by atoms with E-state index >= 15 is 0 Å². The summed E-state index contributed by atoms with van der Waals surface area (Å²) in [6, 6.07) is 8.06. The lowest BCUT2D eigenvalue weighted by molar-refractivity contribution is -0.116. The number of carbonyl (C=O) groups excluding carboxylic acids is 1. The minimum atomic E-state index is -0.330. The van der Waals surface area contributed by atoms with Crippen molar-refractivity contribution in [3.8, 4) is 5.75 Å². The number of halogens is 1. The third-order valence-corrected chi connectivity index (χ3v) is 3.12. The first-order valence-electron chi connectivity index (χ1n) is 6.30. The smallest absolute Gasteiger partial charge is 0.251 e. The van der Waals surface area contributed by atoms with Crippen LogP contribution in [0.15, 0.2) is 41.3 Å². The van der Waals surface area contributed by atoms with Crippen molar-refractivity contribution < 1.29 is 9.53 Å². The molecule has 110 valence electrons. The maximum atomic E-state index is 12.1. The zero-order valence-corrected chi connectivity index (χ0v) is 12.5. The van der Waals surface area contributed by atoms with Gasteiger partial charge in [-0.1, -0.05) is 17.7 Å². The largest absolute Gasteiger partial charge is 0.495 e. The third kappa shape index (κ3) is 3.86. The van der Waals surface area contributed by atoms with Crippen LogP contribution in [-0.2, 0) is 11.3 Å². The van der Waals surface area contributed by atoms with Gasteiger partial charge in [0.15, 0.2) is 0 Å². The molecule has 1 amide bonds. The molecule has 0 bridgehead atoms. The van der Waals surface area contributed by atoms with Crippen LogP contribution in [-0.4, -0.2) is 17.6 Å². The number of ether oxygens (including phenoxy) is 1. The summed E-state index contributed by atoms with van der Waals surface area (Å²) in [7, 11) is 1.50. The first-order chi connectivity index (χ1) is 9.99. The summed E-state index contributed by atoms with van der Waals surface area (Å²) in [4.78, 5) is 23.7. The second-order valence-corrected chi connectivity index (χ2v) is 5.00. The molecule has 0 atom stereocenters. The first-order valence-corrected chi connectivity index (χ1v) is 6.68. The van der Waals surface area contributed by atoms with Gasteiger partial charge in [-0.15, -0.1) is 0 Å². The number of amides is 1. The van der Waals surface area contributed by atoms with Crippen molar-refractivity contribution in [1.82, 2.24) is 4.57 Å². The Morgan fingerprint density at radius 3 is 2.81 bits per heavy atom. The van der Waals surface area contributed by atoms with Crippen LogP contribution in [0.2, 0.25) is 5.02 Å². The van der Waals surface area contributed by atoms with E-state index in [1.54, 1.807) is 30.5 Å². The molecule has 1 aromatic heterocycles. The molecule has 0 spiro atoms. The number of aromatic nitrogens is 1. The molecule has 1 heterocycles. The summed E-state index contributed by atoms with van der Waals surface area (Å²) in [6.07, 6.45) is 1.64. The lowest BCUT2D eigenvalue weighted by atomic mass is 10.3. The third-order valence-electron chi connectivity index (χ3n) is 2.88. The summed E-state index contributed by atoms with van der Waals surface area (Å²) in [6.45, 7) is 1.78. The maximum Gasteiger partial charge on any atom is 0.251 e. The normalized spacial score (nSPS) is 10.2. The predicted molar refractivity (Wildman–Crippen MR) is 82.1 cm³/mol. The van der Waals surface area contributed by atoms with Crippen molar-refractivity contribution in [2.45, 2.75) is 13.5 Å². The lowest BCUT2D eigenvalue weighted by Gasteiger charge is -2.11. The number of anilines is 1. The van der Waals surface area contributed by atoms with Gasteiger partial charge < -0.3 is 14.6 Å². The molecule has 0 aliphatic carbocycles. The summed E-state index contributed by atoms with van der Waals surface area (Å²) in [5, 5.41) is 3.17. The highest BCUT2D eigenvalue weighted by atomic mass is 35.5. The minimum Gasteiger partial charge on any atom is -0.495 e. The second kappa shape index (κ2) is 6.45. The van der Waals surface area contributed by atoms with E-state index in [-0.39, 0.29) is 18.0 Å². The van der Waals surface area contributed by atoms with E-state index in [4.69, 9.17) is 16.3 Å². The number of hydrogen-bond acceptors (Lipinski definition) is 3. The molecule has 0 fully saturated rings. The molecule has 5 nitrogen and oxygen atoms in total. The van der Waals surface area contributed by atoms with Gasteiger partial charge >= 0.3 is 0 Å². The Hall–Kier alpha value is -2.27. The molecule has 2 aromatic rings. The van der Waals surface area contributed by atoms with Crippen molar-refractivity contribution in [2.24, 2.45) is 0 Å². The fraction of sp³-hybridized carbons (Fsp3) is 0.200. The molecule has 0 saturated carbocycles. The molecule has 0 radical (unpaired) electrons. The van der Waals surface area contributed by atoms with E-state index in [1.165, 1.54) is 17.7 Å². The van der Waals surface area contributed by atoms with E-state index in [1.807, 2.05) is 6.92 Å². The zero-order chi connectivity index (χ0) is 15.4. The van der Waals surface area contributed by atoms with Crippen LogP contribution in [0.4, 0.5) is 5.69 Å². The number of methoxy groups -OCH3 is 1. The van der Waals surface area contributed by atoms with Gasteiger partial charge in [0.05, 0.1) is 12.8 Å². The Labute approximate surface area is 127 Å². The molecular weight excluding hydrogens is 292 g/mol. The van der Waals surface area contributed by atoms with Crippen LogP contribution in [0.3, 0.4) is 0 Å². The van der Waals surface area contributed by atoms with E-state index in [0.717, 1.165) is 5.56 Å². The Balaban J connectivity index is 2.17. The highest BCUT2D eigenvalue weighted by Gasteiger charge is 2.09. The van der Waals surface area contributed by atoms with Crippen LogP contribution in [0, 0.1) is 6.92 Å². The zero-order valence-electron chi connectivity index (χ0n) is 11.7. The highest BCUT2D eigenvalue weighted by Crippen LogP contribution is 2.27. The minimum absolute atomic E-state index is 0.0732. The van der Waals surface area contributed by atoms with Gasteiger partial charge in [-0.2, -0.15) is 0 Å². The molecule has 0 aliphatic rings. The molecule has 0 saturated heterocycles. The number of nitrogens with one attached hydrogen (secondary N) is 1. The number of aryl methyl sites for hydroxylation is 1. The number of hydrogen-bond donors (Lipinski definition) is 1. The summed E-state index contributed by atoms with van der Waals surface area (Å²) in [5.41, 5.74) is 1.15. The fourth-order valence-corrected chi connectivity index (χ4v) is 2.07. The SMILES string of the molecule is COc1ccc(Cl)cc1NC(=O)Cn1cc(C)ccc1=O. The maximum absolute atomic E-state index is 12.1. The van der Waals surface area contributed by atoms with Crippen molar-refractivity contribution in [1.29, 1.82) is 0 Å². The second-order valence-electron chi connectivity index (χ2n) is 4.57. The standard InChI is InChI=1S/C15H15ClN2O3/c1-10-3-6-15(20)18(8-10)9-14(19)17-12-7-11(16)4-5-13(12)21-2/h3-8H,9H2,1-2H3,(H,17,19). The number of benzene rings is 1. The van der Waals surface area contributed by atoms with Crippen LogP contribution in [0.25, 0.3) is 0 Å². The molecule has 0 unspecified atom stereocenters. The van der Waals surface area contributed by atoms with Crippen LogP contribution in [0.5, 0.6) is 5.75 Å². The lowest BCUT2D eigenvalue weighted by Crippen LogP contribution is -2.27. The molecule has 2 rings (SSSR count). The Kier molecular flexibility index (Phi) is 4.65. The Morgan fingerprint density at radius 1 is 1.33 bits per heavy atom. The number of nitrogens with zero attached hydrogens (tertiary/aromatic N) is 1. The van der Waals surface area contributed by atoms with Gasteiger partial charge in [-0.05, 0) is 30.7 Å². The first kappa shape index (κ1) is 15.1. The fourth-order valence-electron chi connectivity index (χ4n) is 1.90. The molecule has 0 aliphatic heterocycles. The van der Waals surface area contributed by atoms with Gasteiger partial charge in [-0.3, -0.25) is 9.59 Å². The van der Waals surface area contributed by atoms with Crippen molar-refractivity contribution >= 4 is 23.2 Å². The van der Waals surface area contributed by atoms with Crippen molar-refractivity contribution in [3.63, 3.8) is 0 Å². The predicted octanol–water partition coefficient (Wildman–Crippen LogP) is 2.46. The van der Waals surface area contributed by atoms with Gasteiger partial charge in [0.1, 0.15) is 12.3 Å². The molecule has 1 aromatic carbocycles. The number of carbonyl (C=O) groups is 1. The van der Waals surface area contributed by atoms with E-state index < -0.39 is 0 Å². The summed E-state index contributed by atoms with van der Waals surface area (Å²) in [5.74, 6) is 0.174. The van der Waals surface area contributed by atoms with E-state index in [2.05, 4.69) is 5.32 Å². The quantitative estimate of drug-likeness (QED) is 0.944. The topological polar surface area (TPSA) is 60.3 Å². The monoisotopic (exact) mass is 306 g/mol. The number of rotatable bonds is 4. The van der Waals surface area contributed by atoms with Crippen LogP contribution < -0.4 is 15.6 Å². The highest BCUT2D eigenvalue weighted by molar-refractivity contribution is 6.31. The molecule has 1 N–H and O–H groups in total. The Morgan fingerprint density at radius 2 is 2.10 bits per heavy atom. The van der Waals surface area contributed by atoms with Crippen molar-refractivity contribution in [3.05, 3.63) is 57.5 Å². The number of pyridine rings is 1. The molecule has 21 heavy (non-hydrogen) atoms. The van der Waals surface area contributed by atoms with Gasteiger partial charge in [-0.25, -0.2) is 0 Å². The Bertz CT molecular complexity index is 725. The van der Waals surface area contributed by atoms with Gasteiger partial charge in [0, 0.05) is 17.3 Å². The van der Waals surface area contributed by atoms with Crippen molar-refractivity contribution in [2.75, 3.05) is 12.4 Å².